The fourth-order valence-electron chi connectivity index (χ4n) is 1.77. The van der Waals surface area contributed by atoms with Crippen LogP contribution < -0.4 is 5.32 Å². The number of nitrogens with zero attached hydrogens (tertiary/aromatic N) is 1. The first kappa shape index (κ1) is 17.1. The van der Waals surface area contributed by atoms with Crippen molar-refractivity contribution in [3.8, 4) is 0 Å². The van der Waals surface area contributed by atoms with Crippen molar-refractivity contribution in [2.45, 2.75) is 53.2 Å². The molecule has 1 aromatic rings. The maximum absolute atomic E-state index is 12.2. The standard InChI is InChI=1S/C16H24N2O3/c1-10(2)13(15(20)21-16(4,5)6)18-14(19)12-7-11(3)8-17-9-12/h7-10,13H,1-6H3,(H,18,19)/t13-/m1/s1. The van der Waals surface area contributed by atoms with E-state index in [0.29, 0.717) is 5.56 Å². The Morgan fingerprint density at radius 1 is 1.24 bits per heavy atom. The Hall–Kier alpha value is -1.91. The van der Waals surface area contributed by atoms with Crippen LogP contribution in [0.4, 0.5) is 0 Å². The highest BCUT2D eigenvalue weighted by Gasteiger charge is 2.29. The van der Waals surface area contributed by atoms with Gasteiger partial charge in [-0.15, -0.1) is 0 Å². The molecule has 0 aromatic carbocycles. The topological polar surface area (TPSA) is 68.3 Å². The minimum Gasteiger partial charge on any atom is -0.458 e. The molecule has 0 fully saturated rings. The number of carbonyl (C=O) groups excluding carboxylic acids is 2. The third-order valence-corrected chi connectivity index (χ3v) is 2.75. The fourth-order valence-corrected chi connectivity index (χ4v) is 1.77. The van der Waals surface area contributed by atoms with Crippen molar-refractivity contribution in [3.05, 3.63) is 29.6 Å². The van der Waals surface area contributed by atoms with Gasteiger partial charge in [0.05, 0.1) is 5.56 Å². The molecule has 1 atom stereocenters. The second kappa shape index (κ2) is 6.70. The van der Waals surface area contributed by atoms with Gasteiger partial charge in [-0.25, -0.2) is 4.79 Å². The number of nitrogens with one attached hydrogen (secondary N) is 1. The van der Waals surface area contributed by atoms with E-state index in [0.717, 1.165) is 5.56 Å². The number of rotatable bonds is 4. The zero-order chi connectivity index (χ0) is 16.2. The molecule has 0 spiro atoms. The van der Waals surface area contributed by atoms with Crippen LogP contribution in [0.15, 0.2) is 18.5 Å². The second-order valence-corrected chi connectivity index (χ2v) is 6.48. The molecule has 0 bridgehead atoms. The molecule has 1 rings (SSSR count). The molecule has 116 valence electrons. The summed E-state index contributed by atoms with van der Waals surface area (Å²) in [6, 6.07) is 1.05. The Morgan fingerprint density at radius 2 is 1.86 bits per heavy atom. The molecule has 0 aliphatic heterocycles. The lowest BCUT2D eigenvalue weighted by Gasteiger charge is -2.26. The number of amides is 1. The lowest BCUT2D eigenvalue weighted by molar-refractivity contribution is -0.158. The summed E-state index contributed by atoms with van der Waals surface area (Å²) >= 11 is 0. The first-order chi connectivity index (χ1) is 9.60. The van der Waals surface area contributed by atoms with Gasteiger partial charge in [0.25, 0.3) is 5.91 Å². The van der Waals surface area contributed by atoms with Gasteiger partial charge in [-0.1, -0.05) is 13.8 Å². The van der Waals surface area contributed by atoms with Gasteiger partial charge in [0.1, 0.15) is 11.6 Å². The van der Waals surface area contributed by atoms with Gasteiger partial charge in [-0.05, 0) is 45.2 Å². The van der Waals surface area contributed by atoms with Gasteiger partial charge in [0.2, 0.25) is 0 Å². The molecule has 1 heterocycles. The first-order valence-electron chi connectivity index (χ1n) is 7.05. The molecule has 1 aromatic heterocycles. The molecule has 0 aliphatic carbocycles. The average molecular weight is 292 g/mol. The molecule has 0 saturated heterocycles. The molecular weight excluding hydrogens is 268 g/mol. The SMILES string of the molecule is Cc1cncc(C(=O)N[C@@H](C(=O)OC(C)(C)C)C(C)C)c1. The molecule has 0 unspecified atom stereocenters. The molecule has 21 heavy (non-hydrogen) atoms. The van der Waals surface area contributed by atoms with Crippen LogP contribution in [-0.2, 0) is 9.53 Å². The Bertz CT molecular complexity index is 518. The number of carbonyl (C=O) groups is 2. The Labute approximate surface area is 126 Å². The third kappa shape index (κ3) is 5.53. The van der Waals surface area contributed by atoms with E-state index in [1.165, 1.54) is 6.20 Å². The summed E-state index contributed by atoms with van der Waals surface area (Å²) in [5.41, 5.74) is 0.741. The largest absolute Gasteiger partial charge is 0.458 e. The molecule has 1 N–H and O–H groups in total. The predicted octanol–water partition coefficient (Wildman–Crippen LogP) is 2.49. The number of hydrogen-bond acceptors (Lipinski definition) is 4. The van der Waals surface area contributed by atoms with Crippen LogP contribution in [0.3, 0.4) is 0 Å². The fraction of sp³-hybridized carbons (Fsp3) is 0.562. The Morgan fingerprint density at radius 3 is 2.33 bits per heavy atom. The molecule has 0 aliphatic rings. The number of pyridine rings is 1. The normalized spacial score (nSPS) is 12.9. The molecule has 0 saturated carbocycles. The molecule has 0 radical (unpaired) electrons. The van der Waals surface area contributed by atoms with Gasteiger partial charge < -0.3 is 10.1 Å². The molecule has 5 heteroatoms. The summed E-state index contributed by atoms with van der Waals surface area (Å²) in [6.45, 7) is 11.0. The van der Waals surface area contributed by atoms with Gasteiger partial charge in [-0.3, -0.25) is 9.78 Å². The van der Waals surface area contributed by atoms with Crippen molar-refractivity contribution < 1.29 is 14.3 Å². The predicted molar refractivity (Wildman–Crippen MR) is 80.9 cm³/mol. The van der Waals surface area contributed by atoms with Gasteiger partial charge in [-0.2, -0.15) is 0 Å². The van der Waals surface area contributed by atoms with Crippen LogP contribution in [0, 0.1) is 12.8 Å². The number of ether oxygens (including phenoxy) is 1. The summed E-state index contributed by atoms with van der Waals surface area (Å²) in [5.74, 6) is -0.816. The summed E-state index contributed by atoms with van der Waals surface area (Å²) in [7, 11) is 0. The molecule has 1 amide bonds. The highest BCUT2D eigenvalue weighted by atomic mass is 16.6. The zero-order valence-corrected chi connectivity index (χ0v) is 13.6. The minimum atomic E-state index is -0.683. The van der Waals surface area contributed by atoms with Crippen LogP contribution in [0.25, 0.3) is 0 Å². The molecular formula is C16H24N2O3. The third-order valence-electron chi connectivity index (χ3n) is 2.75. The van der Waals surface area contributed by atoms with Crippen molar-refractivity contribution in [2.24, 2.45) is 5.92 Å². The van der Waals surface area contributed by atoms with Crippen molar-refractivity contribution >= 4 is 11.9 Å². The minimum absolute atomic E-state index is 0.0680. The summed E-state index contributed by atoms with van der Waals surface area (Å²) < 4.78 is 5.35. The Balaban J connectivity index is 2.84. The quantitative estimate of drug-likeness (QED) is 0.866. The van der Waals surface area contributed by atoms with Crippen LogP contribution in [0.1, 0.15) is 50.5 Å². The number of aryl methyl sites for hydroxylation is 1. The smallest absolute Gasteiger partial charge is 0.329 e. The molecule has 5 nitrogen and oxygen atoms in total. The van der Waals surface area contributed by atoms with Crippen molar-refractivity contribution in [2.75, 3.05) is 0 Å². The summed E-state index contributed by atoms with van der Waals surface area (Å²) in [4.78, 5) is 28.4. The van der Waals surface area contributed by atoms with Crippen molar-refractivity contribution in [3.63, 3.8) is 0 Å². The highest BCUT2D eigenvalue weighted by molar-refractivity contribution is 5.96. The van der Waals surface area contributed by atoms with E-state index in [9.17, 15) is 9.59 Å². The number of aromatic nitrogens is 1. The van der Waals surface area contributed by atoms with Crippen LogP contribution >= 0.6 is 0 Å². The maximum atomic E-state index is 12.2. The van der Waals surface area contributed by atoms with Gasteiger partial charge in [0, 0.05) is 12.4 Å². The Kier molecular flexibility index (Phi) is 5.47. The van der Waals surface area contributed by atoms with Crippen LogP contribution in [0.5, 0.6) is 0 Å². The lowest BCUT2D eigenvalue weighted by atomic mass is 10.0. The van der Waals surface area contributed by atoms with Crippen molar-refractivity contribution in [1.29, 1.82) is 0 Å². The van der Waals surface area contributed by atoms with Gasteiger partial charge >= 0.3 is 5.97 Å². The summed E-state index contributed by atoms with van der Waals surface area (Å²) in [6.07, 6.45) is 3.15. The van der Waals surface area contributed by atoms with Crippen LogP contribution in [0.2, 0.25) is 0 Å². The maximum Gasteiger partial charge on any atom is 0.329 e. The van der Waals surface area contributed by atoms with E-state index >= 15 is 0 Å². The van der Waals surface area contributed by atoms with E-state index in [4.69, 9.17) is 4.74 Å². The number of hydrogen-bond donors (Lipinski definition) is 1. The first-order valence-corrected chi connectivity index (χ1v) is 7.05. The zero-order valence-electron chi connectivity index (χ0n) is 13.6. The van der Waals surface area contributed by atoms with E-state index in [2.05, 4.69) is 10.3 Å². The van der Waals surface area contributed by atoms with E-state index < -0.39 is 17.6 Å². The van der Waals surface area contributed by atoms with E-state index in [1.54, 1.807) is 33.0 Å². The van der Waals surface area contributed by atoms with Crippen LogP contribution in [-0.4, -0.2) is 28.5 Å². The number of esters is 1. The van der Waals surface area contributed by atoms with E-state index in [1.807, 2.05) is 20.8 Å². The van der Waals surface area contributed by atoms with Gasteiger partial charge in [0.15, 0.2) is 0 Å². The monoisotopic (exact) mass is 292 g/mol. The summed E-state index contributed by atoms with van der Waals surface area (Å²) in [5, 5.41) is 2.73. The van der Waals surface area contributed by atoms with E-state index in [-0.39, 0.29) is 11.8 Å². The highest BCUT2D eigenvalue weighted by Crippen LogP contribution is 2.13. The van der Waals surface area contributed by atoms with Crippen molar-refractivity contribution in [1.82, 2.24) is 10.3 Å². The average Bonchev–Trinajstić information content (AvgIpc) is 2.32. The lowest BCUT2D eigenvalue weighted by Crippen LogP contribution is -2.47. The second-order valence-electron chi connectivity index (χ2n) is 6.48.